The molecule has 4 nitrogen and oxygen atoms in total. The Labute approximate surface area is 110 Å². The maximum atomic E-state index is 11.7. The third-order valence-corrected chi connectivity index (χ3v) is 2.89. The molecular formula is C14H25NO3. The minimum Gasteiger partial charge on any atom is -0.460 e. The van der Waals surface area contributed by atoms with Crippen LogP contribution in [0.1, 0.15) is 34.1 Å². The lowest BCUT2D eigenvalue weighted by Gasteiger charge is -2.33. The molecule has 0 saturated carbocycles. The van der Waals surface area contributed by atoms with Gasteiger partial charge >= 0.3 is 5.97 Å². The van der Waals surface area contributed by atoms with Crippen LogP contribution >= 0.6 is 0 Å². The second kappa shape index (κ2) is 8.03. The van der Waals surface area contributed by atoms with Gasteiger partial charge in [0.25, 0.3) is 0 Å². The average Bonchev–Trinajstić information content (AvgIpc) is 2.23. The molecule has 0 aromatic carbocycles. The minimum absolute atomic E-state index is 0.0126. The van der Waals surface area contributed by atoms with E-state index in [9.17, 15) is 9.59 Å². The summed E-state index contributed by atoms with van der Waals surface area (Å²) in [6, 6.07) is -0.394. The molecule has 0 aliphatic rings. The molecule has 0 heterocycles. The normalized spacial score (nSPS) is 16.6. The zero-order chi connectivity index (χ0) is 14.3. The molecule has 0 aromatic rings. The molecule has 0 radical (unpaired) electrons. The van der Waals surface area contributed by atoms with Crippen LogP contribution in [0.25, 0.3) is 0 Å². The summed E-state index contributed by atoms with van der Waals surface area (Å²) in [5, 5.41) is 0. The van der Waals surface area contributed by atoms with Gasteiger partial charge in [-0.15, -0.1) is 0 Å². The zero-order valence-corrected chi connectivity index (χ0v) is 12.3. The van der Waals surface area contributed by atoms with E-state index in [4.69, 9.17) is 4.74 Å². The fourth-order valence-corrected chi connectivity index (χ4v) is 2.06. The van der Waals surface area contributed by atoms with Gasteiger partial charge in [-0.3, -0.25) is 14.5 Å². The lowest BCUT2D eigenvalue weighted by molar-refractivity contribution is -0.154. The van der Waals surface area contributed by atoms with E-state index in [1.165, 1.54) is 13.8 Å². The maximum Gasteiger partial charge on any atom is 0.302 e. The lowest BCUT2D eigenvalue weighted by Crippen LogP contribution is -2.49. The first-order chi connectivity index (χ1) is 8.31. The summed E-state index contributed by atoms with van der Waals surface area (Å²) in [4.78, 5) is 24.8. The quantitative estimate of drug-likeness (QED) is 0.516. The predicted octanol–water partition coefficient (Wildman–Crippen LogP) is 2.04. The highest BCUT2D eigenvalue weighted by Gasteiger charge is 2.33. The van der Waals surface area contributed by atoms with E-state index in [-0.39, 0.29) is 17.7 Å². The number of likely N-dealkylation sites (N-methyl/N-ethyl adjacent to an activating group) is 1. The van der Waals surface area contributed by atoms with Gasteiger partial charge in [-0.1, -0.05) is 19.1 Å². The van der Waals surface area contributed by atoms with Crippen molar-refractivity contribution in [2.75, 3.05) is 14.1 Å². The third-order valence-electron chi connectivity index (χ3n) is 2.89. The van der Waals surface area contributed by atoms with Crippen LogP contribution < -0.4 is 0 Å². The summed E-state index contributed by atoms with van der Waals surface area (Å²) in [5.41, 5.74) is 0. The minimum atomic E-state index is -0.411. The average molecular weight is 255 g/mol. The molecule has 0 bridgehead atoms. The maximum absolute atomic E-state index is 11.7. The Morgan fingerprint density at radius 3 is 2.17 bits per heavy atom. The van der Waals surface area contributed by atoms with Crippen molar-refractivity contribution in [2.45, 2.75) is 46.3 Å². The Balaban J connectivity index is 5.04. The number of ether oxygens (including phenoxy) is 1. The number of carbonyl (C=O) groups excluding carboxylic acids is 2. The molecular weight excluding hydrogens is 230 g/mol. The van der Waals surface area contributed by atoms with Gasteiger partial charge in [-0.2, -0.15) is 0 Å². The second-order valence-corrected chi connectivity index (χ2v) is 4.88. The highest BCUT2D eigenvalue weighted by Crippen LogP contribution is 2.20. The van der Waals surface area contributed by atoms with Crippen LogP contribution in [0.3, 0.4) is 0 Å². The largest absolute Gasteiger partial charge is 0.460 e. The van der Waals surface area contributed by atoms with Crippen LogP contribution in [-0.2, 0) is 14.3 Å². The number of carbonyl (C=O) groups is 2. The number of allylic oxidation sites excluding steroid dienone is 2. The molecule has 18 heavy (non-hydrogen) atoms. The first-order valence-corrected chi connectivity index (χ1v) is 6.26. The Hall–Kier alpha value is -1.16. The van der Waals surface area contributed by atoms with Gasteiger partial charge in [-0.05, 0) is 40.3 Å². The Bertz CT molecular complexity index is 310. The van der Waals surface area contributed by atoms with Crippen LogP contribution in [-0.4, -0.2) is 42.9 Å². The Kier molecular flexibility index (Phi) is 7.51. The number of hydrogen-bond donors (Lipinski definition) is 0. The number of ketones is 1. The molecule has 104 valence electrons. The summed E-state index contributed by atoms with van der Waals surface area (Å²) in [5.74, 6) is -0.236. The van der Waals surface area contributed by atoms with Crippen molar-refractivity contribution in [1.82, 2.24) is 4.90 Å². The van der Waals surface area contributed by atoms with E-state index in [0.29, 0.717) is 0 Å². The van der Waals surface area contributed by atoms with E-state index in [0.717, 1.165) is 6.42 Å². The van der Waals surface area contributed by atoms with E-state index in [1.54, 1.807) is 0 Å². The molecule has 0 aliphatic heterocycles. The second-order valence-electron chi connectivity index (χ2n) is 4.88. The van der Waals surface area contributed by atoms with Crippen molar-refractivity contribution in [2.24, 2.45) is 5.92 Å². The van der Waals surface area contributed by atoms with Gasteiger partial charge in [0.2, 0.25) is 0 Å². The van der Waals surface area contributed by atoms with Gasteiger partial charge in [0, 0.05) is 6.92 Å². The first kappa shape index (κ1) is 16.8. The molecule has 0 amide bonds. The summed E-state index contributed by atoms with van der Waals surface area (Å²) < 4.78 is 5.36. The SMILES string of the molecule is C/C=C/C[C@@H](C)C(OC(C)=O)[C@@H](C(C)=O)N(C)C. The van der Waals surface area contributed by atoms with Crippen molar-refractivity contribution in [1.29, 1.82) is 0 Å². The molecule has 1 unspecified atom stereocenters. The Morgan fingerprint density at radius 1 is 1.28 bits per heavy atom. The lowest BCUT2D eigenvalue weighted by atomic mass is 9.91. The monoisotopic (exact) mass is 255 g/mol. The van der Waals surface area contributed by atoms with Crippen molar-refractivity contribution in [3.05, 3.63) is 12.2 Å². The molecule has 0 aliphatic carbocycles. The van der Waals surface area contributed by atoms with Gasteiger partial charge < -0.3 is 4.74 Å². The number of Topliss-reactive ketones (excluding diaryl/α,β-unsaturated/α-hetero) is 1. The molecule has 4 heteroatoms. The highest BCUT2D eigenvalue weighted by atomic mass is 16.5. The van der Waals surface area contributed by atoms with Gasteiger partial charge in [0.15, 0.2) is 5.78 Å². The smallest absolute Gasteiger partial charge is 0.302 e. The number of nitrogens with zero attached hydrogens (tertiary/aromatic N) is 1. The van der Waals surface area contributed by atoms with Crippen molar-refractivity contribution >= 4 is 11.8 Å². The number of hydrogen-bond acceptors (Lipinski definition) is 4. The summed E-state index contributed by atoms with van der Waals surface area (Å²) in [7, 11) is 3.65. The van der Waals surface area contributed by atoms with E-state index < -0.39 is 12.1 Å². The van der Waals surface area contributed by atoms with Crippen molar-refractivity contribution < 1.29 is 14.3 Å². The number of esters is 1. The molecule has 0 spiro atoms. The summed E-state index contributed by atoms with van der Waals surface area (Å²) >= 11 is 0. The summed E-state index contributed by atoms with van der Waals surface area (Å²) in [6.45, 7) is 6.85. The highest BCUT2D eigenvalue weighted by molar-refractivity contribution is 5.82. The predicted molar refractivity (Wildman–Crippen MR) is 72.3 cm³/mol. The molecule has 0 fully saturated rings. The van der Waals surface area contributed by atoms with Crippen molar-refractivity contribution in [3.63, 3.8) is 0 Å². The standard InChI is InChI=1S/C14H25NO3/c1-7-8-9-10(2)14(18-12(4)17)13(11(3)16)15(5)6/h7-8,10,13-14H,9H2,1-6H3/b8-7+/t10-,13-,14?/m1/s1. The number of rotatable bonds is 7. The Morgan fingerprint density at radius 2 is 1.83 bits per heavy atom. The van der Waals surface area contributed by atoms with Gasteiger partial charge in [0.05, 0.1) is 0 Å². The van der Waals surface area contributed by atoms with Gasteiger partial charge in [-0.25, -0.2) is 0 Å². The van der Waals surface area contributed by atoms with E-state index >= 15 is 0 Å². The zero-order valence-electron chi connectivity index (χ0n) is 12.3. The molecule has 0 saturated heterocycles. The molecule has 3 atom stereocenters. The van der Waals surface area contributed by atoms with Gasteiger partial charge in [0.1, 0.15) is 12.1 Å². The summed E-state index contributed by atoms with van der Waals surface area (Å²) in [6.07, 6.45) is 4.35. The molecule has 0 aromatic heterocycles. The van der Waals surface area contributed by atoms with Crippen LogP contribution in [0.2, 0.25) is 0 Å². The van der Waals surface area contributed by atoms with Crippen molar-refractivity contribution in [3.8, 4) is 0 Å². The fourth-order valence-electron chi connectivity index (χ4n) is 2.06. The van der Waals surface area contributed by atoms with Crippen LogP contribution in [0.4, 0.5) is 0 Å². The topological polar surface area (TPSA) is 46.6 Å². The van der Waals surface area contributed by atoms with Crippen LogP contribution in [0.5, 0.6) is 0 Å². The first-order valence-electron chi connectivity index (χ1n) is 6.26. The molecule has 0 rings (SSSR count). The van der Waals surface area contributed by atoms with Crippen LogP contribution in [0.15, 0.2) is 12.2 Å². The van der Waals surface area contributed by atoms with Crippen LogP contribution in [0, 0.1) is 5.92 Å². The third kappa shape index (κ3) is 5.45. The van der Waals surface area contributed by atoms with E-state index in [1.807, 2.05) is 45.0 Å². The fraction of sp³-hybridized carbons (Fsp3) is 0.714. The molecule has 0 N–H and O–H groups in total. The van der Waals surface area contributed by atoms with E-state index in [2.05, 4.69) is 0 Å².